The van der Waals surface area contributed by atoms with Gasteiger partial charge in [0.1, 0.15) is 5.57 Å². The molecule has 0 amide bonds. The standard InChI is InChI=1S/C18H23NO4/c1-5-22-17(20)16(18(21)23-6-2)9-7-8-14-10-12-15(13-11-14)19(3)4/h7-13H,5-6H2,1-4H3. The third kappa shape index (κ3) is 5.98. The highest BCUT2D eigenvalue weighted by atomic mass is 16.6. The maximum absolute atomic E-state index is 11.8. The van der Waals surface area contributed by atoms with Gasteiger partial charge in [0.15, 0.2) is 0 Å². The minimum absolute atomic E-state index is 0.116. The average molecular weight is 317 g/mol. The predicted octanol–water partition coefficient (Wildman–Crippen LogP) is 2.82. The highest BCUT2D eigenvalue weighted by Crippen LogP contribution is 2.13. The van der Waals surface area contributed by atoms with E-state index in [1.54, 1.807) is 26.0 Å². The highest BCUT2D eigenvalue weighted by molar-refractivity contribution is 6.14. The number of benzene rings is 1. The second-order valence-corrected chi connectivity index (χ2v) is 4.87. The van der Waals surface area contributed by atoms with Crippen LogP contribution in [0.2, 0.25) is 0 Å². The predicted molar refractivity (Wildman–Crippen MR) is 91.2 cm³/mol. The summed E-state index contributed by atoms with van der Waals surface area (Å²) in [7, 11) is 3.94. The Kier molecular flexibility index (Phi) is 7.60. The molecule has 0 bridgehead atoms. The first-order valence-electron chi connectivity index (χ1n) is 7.49. The molecule has 0 heterocycles. The normalized spacial score (nSPS) is 10.3. The first-order chi connectivity index (χ1) is 11.0. The van der Waals surface area contributed by atoms with Crippen molar-refractivity contribution < 1.29 is 19.1 Å². The Labute approximate surface area is 137 Å². The molecule has 0 saturated carbocycles. The van der Waals surface area contributed by atoms with Crippen LogP contribution in [0.5, 0.6) is 0 Å². The summed E-state index contributed by atoms with van der Waals surface area (Å²) in [4.78, 5) is 25.6. The van der Waals surface area contributed by atoms with Crippen LogP contribution in [-0.2, 0) is 19.1 Å². The molecule has 5 heteroatoms. The van der Waals surface area contributed by atoms with Gasteiger partial charge >= 0.3 is 11.9 Å². The molecule has 0 aromatic heterocycles. The summed E-state index contributed by atoms with van der Waals surface area (Å²) >= 11 is 0. The van der Waals surface area contributed by atoms with Gasteiger partial charge in [-0.15, -0.1) is 0 Å². The molecule has 1 rings (SSSR count). The van der Waals surface area contributed by atoms with Gasteiger partial charge in [0.05, 0.1) is 13.2 Å². The molecular formula is C18H23NO4. The molecule has 1 aromatic rings. The van der Waals surface area contributed by atoms with E-state index < -0.39 is 11.9 Å². The smallest absolute Gasteiger partial charge is 0.345 e. The molecule has 0 unspecified atom stereocenters. The Bertz CT molecular complexity index is 566. The van der Waals surface area contributed by atoms with Gasteiger partial charge in [-0.25, -0.2) is 9.59 Å². The van der Waals surface area contributed by atoms with Crippen LogP contribution in [-0.4, -0.2) is 39.2 Å². The molecule has 0 atom stereocenters. The largest absolute Gasteiger partial charge is 0.462 e. The van der Waals surface area contributed by atoms with Crippen LogP contribution in [0.15, 0.2) is 42.0 Å². The fourth-order valence-electron chi connectivity index (χ4n) is 1.78. The molecule has 124 valence electrons. The lowest BCUT2D eigenvalue weighted by Crippen LogP contribution is -2.18. The molecule has 0 fully saturated rings. The van der Waals surface area contributed by atoms with E-state index in [0.29, 0.717) is 0 Å². The molecule has 0 N–H and O–H groups in total. The molecule has 0 aliphatic heterocycles. The van der Waals surface area contributed by atoms with Crippen LogP contribution in [0.4, 0.5) is 5.69 Å². The Balaban J connectivity index is 2.89. The number of rotatable bonds is 7. The molecule has 0 spiro atoms. The molecule has 0 aliphatic rings. The molecule has 23 heavy (non-hydrogen) atoms. The van der Waals surface area contributed by atoms with Crippen molar-refractivity contribution in [3.8, 4) is 0 Å². The summed E-state index contributed by atoms with van der Waals surface area (Å²) < 4.78 is 9.74. The summed E-state index contributed by atoms with van der Waals surface area (Å²) in [6.07, 6.45) is 4.85. The van der Waals surface area contributed by atoms with E-state index in [1.807, 2.05) is 43.3 Å². The van der Waals surface area contributed by atoms with Crippen molar-refractivity contribution in [1.29, 1.82) is 0 Å². The summed E-state index contributed by atoms with van der Waals surface area (Å²) in [5.74, 6) is -1.36. The highest BCUT2D eigenvalue weighted by Gasteiger charge is 2.19. The number of ether oxygens (including phenoxy) is 2. The van der Waals surface area contributed by atoms with Gasteiger partial charge in [0.2, 0.25) is 0 Å². The van der Waals surface area contributed by atoms with Crippen molar-refractivity contribution in [3.05, 3.63) is 47.6 Å². The zero-order chi connectivity index (χ0) is 17.2. The zero-order valence-corrected chi connectivity index (χ0v) is 14.0. The number of esters is 2. The minimum Gasteiger partial charge on any atom is -0.462 e. The number of nitrogens with zero attached hydrogens (tertiary/aromatic N) is 1. The second-order valence-electron chi connectivity index (χ2n) is 4.87. The Morgan fingerprint density at radius 3 is 1.96 bits per heavy atom. The molecule has 0 saturated heterocycles. The van der Waals surface area contributed by atoms with Gasteiger partial charge in [-0.3, -0.25) is 0 Å². The molecular weight excluding hydrogens is 294 g/mol. The van der Waals surface area contributed by atoms with E-state index in [2.05, 4.69) is 0 Å². The minimum atomic E-state index is -0.682. The number of hydrogen-bond donors (Lipinski definition) is 0. The van der Waals surface area contributed by atoms with Gasteiger partial charge in [0, 0.05) is 19.8 Å². The number of anilines is 1. The summed E-state index contributed by atoms with van der Waals surface area (Å²) in [6.45, 7) is 3.77. The van der Waals surface area contributed by atoms with E-state index in [0.717, 1.165) is 11.3 Å². The number of carbonyl (C=O) groups is 2. The van der Waals surface area contributed by atoms with Crippen LogP contribution in [0.25, 0.3) is 6.08 Å². The van der Waals surface area contributed by atoms with Crippen LogP contribution in [0.3, 0.4) is 0 Å². The first kappa shape index (κ1) is 18.5. The van der Waals surface area contributed by atoms with Crippen molar-refractivity contribution in [3.63, 3.8) is 0 Å². The van der Waals surface area contributed by atoms with Crippen molar-refractivity contribution >= 4 is 23.7 Å². The topological polar surface area (TPSA) is 55.8 Å². The molecule has 0 aliphatic carbocycles. The van der Waals surface area contributed by atoms with Gasteiger partial charge in [-0.05, 0) is 37.6 Å². The van der Waals surface area contributed by atoms with E-state index >= 15 is 0 Å². The molecule has 1 aromatic carbocycles. The summed E-state index contributed by atoms with van der Waals surface area (Å²) in [6, 6.07) is 7.88. The maximum atomic E-state index is 11.8. The lowest BCUT2D eigenvalue weighted by molar-refractivity contribution is -0.146. The average Bonchev–Trinajstić information content (AvgIpc) is 2.52. The summed E-state index contributed by atoms with van der Waals surface area (Å²) in [5, 5.41) is 0. The fourth-order valence-corrected chi connectivity index (χ4v) is 1.78. The quantitative estimate of drug-likeness (QED) is 0.254. The SMILES string of the molecule is CCOC(=O)C(=CC=Cc1ccc(N(C)C)cc1)C(=O)OCC. The van der Waals surface area contributed by atoms with Crippen LogP contribution < -0.4 is 4.90 Å². The van der Waals surface area contributed by atoms with Gasteiger partial charge < -0.3 is 14.4 Å². The molecule has 5 nitrogen and oxygen atoms in total. The fraction of sp³-hybridized carbons (Fsp3) is 0.333. The lowest BCUT2D eigenvalue weighted by atomic mass is 10.1. The monoisotopic (exact) mass is 317 g/mol. The van der Waals surface area contributed by atoms with Gasteiger partial charge in [-0.1, -0.05) is 24.3 Å². The Morgan fingerprint density at radius 2 is 1.52 bits per heavy atom. The van der Waals surface area contributed by atoms with E-state index in [9.17, 15) is 9.59 Å². The maximum Gasteiger partial charge on any atom is 0.345 e. The molecule has 0 radical (unpaired) electrons. The number of hydrogen-bond acceptors (Lipinski definition) is 5. The lowest BCUT2D eigenvalue weighted by Gasteiger charge is -2.11. The van der Waals surface area contributed by atoms with Crippen molar-refractivity contribution in [2.45, 2.75) is 13.8 Å². The van der Waals surface area contributed by atoms with Crippen molar-refractivity contribution in [1.82, 2.24) is 0 Å². The van der Waals surface area contributed by atoms with Crippen molar-refractivity contribution in [2.24, 2.45) is 0 Å². The number of carbonyl (C=O) groups excluding carboxylic acids is 2. The van der Waals surface area contributed by atoms with Crippen molar-refractivity contribution in [2.75, 3.05) is 32.2 Å². The second kappa shape index (κ2) is 9.46. The Morgan fingerprint density at radius 1 is 1.00 bits per heavy atom. The summed E-state index contributed by atoms with van der Waals surface area (Å²) in [5.41, 5.74) is 1.94. The number of allylic oxidation sites excluding steroid dienone is 2. The van der Waals surface area contributed by atoms with Crippen LogP contribution in [0, 0.1) is 0 Å². The van der Waals surface area contributed by atoms with E-state index in [1.165, 1.54) is 6.08 Å². The third-order valence-electron chi connectivity index (χ3n) is 2.95. The third-order valence-corrected chi connectivity index (χ3v) is 2.95. The zero-order valence-electron chi connectivity index (χ0n) is 14.0. The van der Waals surface area contributed by atoms with E-state index in [4.69, 9.17) is 9.47 Å². The van der Waals surface area contributed by atoms with Gasteiger partial charge in [0.25, 0.3) is 0 Å². The van der Waals surface area contributed by atoms with E-state index in [-0.39, 0.29) is 18.8 Å². The first-order valence-corrected chi connectivity index (χ1v) is 7.49. The van der Waals surface area contributed by atoms with Gasteiger partial charge in [-0.2, -0.15) is 0 Å². The Hall–Kier alpha value is -2.56. The van der Waals surface area contributed by atoms with Crippen LogP contribution >= 0.6 is 0 Å². The van der Waals surface area contributed by atoms with Crippen LogP contribution in [0.1, 0.15) is 19.4 Å².